The van der Waals surface area contributed by atoms with E-state index in [0.29, 0.717) is 19.0 Å². The van der Waals surface area contributed by atoms with Gasteiger partial charge in [-0.25, -0.2) is 0 Å². The van der Waals surface area contributed by atoms with Crippen molar-refractivity contribution in [1.29, 1.82) is 0 Å². The third-order valence-corrected chi connectivity index (χ3v) is 6.48. The number of hydrogen-bond donors (Lipinski definition) is 1. The minimum atomic E-state index is 0. The molecule has 1 amide bonds. The van der Waals surface area contributed by atoms with Crippen LogP contribution in [0.15, 0.2) is 29.3 Å². The molecule has 4 nitrogen and oxygen atoms in total. The van der Waals surface area contributed by atoms with Gasteiger partial charge in [0.2, 0.25) is 5.91 Å². The highest BCUT2D eigenvalue weighted by Gasteiger charge is 2.29. The number of benzene rings is 1. The van der Waals surface area contributed by atoms with Gasteiger partial charge < -0.3 is 10.2 Å². The number of rotatable bonds is 5. The maximum Gasteiger partial charge on any atom is 0.222 e. The summed E-state index contributed by atoms with van der Waals surface area (Å²) in [7, 11) is 2.08. The van der Waals surface area contributed by atoms with E-state index in [4.69, 9.17) is 4.99 Å². The molecule has 1 aliphatic heterocycles. The Hall–Kier alpha value is -1.20. The van der Waals surface area contributed by atoms with E-state index in [-0.39, 0.29) is 24.4 Å². The predicted molar refractivity (Wildman–Crippen MR) is 113 cm³/mol. The largest absolute Gasteiger partial charge is 0.352 e. The molecule has 1 aromatic carbocycles. The highest BCUT2D eigenvalue weighted by atomic mass is 35.5. The van der Waals surface area contributed by atoms with Gasteiger partial charge in [-0.15, -0.1) is 12.4 Å². The Morgan fingerprint density at radius 3 is 2.73 bits per heavy atom. The number of aliphatic imine (C=N–C) groups is 1. The summed E-state index contributed by atoms with van der Waals surface area (Å²) in [5, 5.41) is 4.20. The molecule has 2 aliphatic rings. The summed E-state index contributed by atoms with van der Waals surface area (Å²) in [6.45, 7) is 2.69. The fourth-order valence-corrected chi connectivity index (χ4v) is 4.78. The van der Waals surface area contributed by atoms with Crippen molar-refractivity contribution in [2.45, 2.75) is 64.1 Å². The van der Waals surface area contributed by atoms with Crippen molar-refractivity contribution in [2.75, 3.05) is 12.8 Å². The second-order valence-electron chi connectivity index (χ2n) is 7.19. The second-order valence-corrected chi connectivity index (χ2v) is 8.17. The summed E-state index contributed by atoms with van der Waals surface area (Å²) in [5.74, 6) is 1.08. The molecular formula is C20H30ClN3OS. The van der Waals surface area contributed by atoms with Crippen LogP contribution in [0.1, 0.15) is 49.7 Å². The first kappa shape index (κ1) is 21.1. The summed E-state index contributed by atoms with van der Waals surface area (Å²) >= 11 is 1.81. The molecule has 144 valence electrons. The van der Waals surface area contributed by atoms with Gasteiger partial charge in [0.15, 0.2) is 5.17 Å². The third kappa shape index (κ3) is 5.65. The molecule has 26 heavy (non-hydrogen) atoms. The van der Waals surface area contributed by atoms with Crippen molar-refractivity contribution in [3.8, 4) is 0 Å². The Morgan fingerprint density at radius 1 is 1.27 bits per heavy atom. The van der Waals surface area contributed by atoms with Crippen molar-refractivity contribution >= 4 is 35.2 Å². The Labute approximate surface area is 167 Å². The van der Waals surface area contributed by atoms with E-state index in [0.717, 1.165) is 10.9 Å². The number of nitrogens with one attached hydrogen (secondary N) is 1. The quantitative estimate of drug-likeness (QED) is 0.814. The van der Waals surface area contributed by atoms with Crippen molar-refractivity contribution < 1.29 is 4.79 Å². The van der Waals surface area contributed by atoms with E-state index in [1.165, 1.54) is 43.2 Å². The number of thioether (sulfide) groups is 1. The molecule has 0 aromatic heterocycles. The van der Waals surface area contributed by atoms with Crippen LogP contribution >= 0.6 is 24.2 Å². The summed E-state index contributed by atoms with van der Waals surface area (Å²) in [6.07, 6.45) is 6.95. The standard InChI is InChI=1S/C20H29N3OS.ClH/c1-15-8-6-7-9-16(15)13-21-19(24)12-18-14-25-20(23(18)2)22-17-10-4-3-5-11-17;/h6-9,17-18H,3-5,10-14H2,1-2H3,(H,21,24);1H. The number of hydrogen-bond acceptors (Lipinski definition) is 3. The maximum atomic E-state index is 12.3. The smallest absolute Gasteiger partial charge is 0.222 e. The van der Waals surface area contributed by atoms with Crippen LogP contribution in [-0.2, 0) is 11.3 Å². The highest BCUT2D eigenvalue weighted by Crippen LogP contribution is 2.28. The highest BCUT2D eigenvalue weighted by molar-refractivity contribution is 8.14. The lowest BCUT2D eigenvalue weighted by Gasteiger charge is -2.23. The number of aryl methyl sites for hydroxylation is 1. The Balaban J connectivity index is 0.00000243. The van der Waals surface area contributed by atoms with Gasteiger partial charge in [-0.1, -0.05) is 55.3 Å². The van der Waals surface area contributed by atoms with E-state index in [1.807, 2.05) is 23.9 Å². The van der Waals surface area contributed by atoms with Crippen molar-refractivity contribution in [2.24, 2.45) is 4.99 Å². The fraction of sp³-hybridized carbons (Fsp3) is 0.600. The SMILES string of the molecule is Cc1ccccc1CNC(=O)CC1CSC(=NC2CCCCC2)N1C.Cl. The molecule has 6 heteroatoms. The summed E-state index contributed by atoms with van der Waals surface area (Å²) in [4.78, 5) is 19.5. The van der Waals surface area contributed by atoms with Crippen LogP contribution in [0.25, 0.3) is 0 Å². The predicted octanol–water partition coefficient (Wildman–Crippen LogP) is 4.16. The molecule has 3 rings (SSSR count). The minimum Gasteiger partial charge on any atom is -0.352 e. The number of nitrogens with zero attached hydrogens (tertiary/aromatic N) is 2. The zero-order valence-corrected chi connectivity index (χ0v) is 17.4. The number of carbonyl (C=O) groups is 1. The second kappa shape index (κ2) is 10.2. The lowest BCUT2D eigenvalue weighted by molar-refractivity contribution is -0.121. The molecule has 1 atom stereocenters. The molecular weight excluding hydrogens is 366 g/mol. The van der Waals surface area contributed by atoms with Crippen molar-refractivity contribution in [3.05, 3.63) is 35.4 Å². The normalized spacial score (nSPS) is 22.3. The molecule has 1 N–H and O–H groups in total. The van der Waals surface area contributed by atoms with Crippen LogP contribution in [0.5, 0.6) is 0 Å². The molecule has 0 bridgehead atoms. The van der Waals surface area contributed by atoms with Gasteiger partial charge in [-0.3, -0.25) is 9.79 Å². The molecule has 1 unspecified atom stereocenters. The van der Waals surface area contributed by atoms with E-state index >= 15 is 0 Å². The van der Waals surface area contributed by atoms with Gasteiger partial charge in [0.05, 0.1) is 6.04 Å². The molecule has 1 saturated carbocycles. The molecule has 0 spiro atoms. The first-order valence-electron chi connectivity index (χ1n) is 9.38. The first-order chi connectivity index (χ1) is 12.1. The first-order valence-corrected chi connectivity index (χ1v) is 10.4. The molecule has 2 fully saturated rings. The molecule has 1 aliphatic carbocycles. The van der Waals surface area contributed by atoms with Gasteiger partial charge >= 0.3 is 0 Å². The third-order valence-electron chi connectivity index (χ3n) is 5.28. The number of halogens is 1. The topological polar surface area (TPSA) is 44.7 Å². The lowest BCUT2D eigenvalue weighted by Crippen LogP contribution is -2.36. The van der Waals surface area contributed by atoms with Crippen molar-refractivity contribution in [1.82, 2.24) is 10.2 Å². The number of carbonyl (C=O) groups excluding carboxylic acids is 1. The molecule has 1 aromatic rings. The van der Waals surface area contributed by atoms with E-state index in [2.05, 4.69) is 36.3 Å². The molecule has 1 heterocycles. The average Bonchev–Trinajstić information content (AvgIpc) is 2.95. The summed E-state index contributed by atoms with van der Waals surface area (Å²) in [5.41, 5.74) is 2.41. The lowest BCUT2D eigenvalue weighted by atomic mass is 9.96. The van der Waals surface area contributed by atoms with Gasteiger partial charge in [-0.05, 0) is 30.9 Å². The Kier molecular flexibility index (Phi) is 8.29. The van der Waals surface area contributed by atoms with Crippen LogP contribution in [0, 0.1) is 6.92 Å². The molecule has 1 saturated heterocycles. The van der Waals surface area contributed by atoms with Gasteiger partial charge in [0, 0.05) is 31.8 Å². The fourth-order valence-electron chi connectivity index (χ4n) is 3.52. The summed E-state index contributed by atoms with van der Waals surface area (Å²) in [6, 6.07) is 8.94. The van der Waals surface area contributed by atoms with E-state index in [9.17, 15) is 4.79 Å². The Morgan fingerprint density at radius 2 is 2.00 bits per heavy atom. The summed E-state index contributed by atoms with van der Waals surface area (Å²) < 4.78 is 0. The van der Waals surface area contributed by atoms with Gasteiger partial charge in [0.25, 0.3) is 0 Å². The van der Waals surface area contributed by atoms with Crippen LogP contribution < -0.4 is 5.32 Å². The average molecular weight is 396 g/mol. The number of amides is 1. The van der Waals surface area contributed by atoms with Crippen LogP contribution in [-0.4, -0.2) is 40.9 Å². The zero-order chi connectivity index (χ0) is 17.6. The maximum absolute atomic E-state index is 12.3. The zero-order valence-electron chi connectivity index (χ0n) is 15.7. The minimum absolute atomic E-state index is 0. The monoisotopic (exact) mass is 395 g/mol. The van der Waals surface area contributed by atoms with Crippen LogP contribution in [0.4, 0.5) is 0 Å². The van der Waals surface area contributed by atoms with Crippen LogP contribution in [0.3, 0.4) is 0 Å². The number of amidine groups is 1. The van der Waals surface area contributed by atoms with Gasteiger partial charge in [0.1, 0.15) is 0 Å². The van der Waals surface area contributed by atoms with Crippen molar-refractivity contribution in [3.63, 3.8) is 0 Å². The molecule has 0 radical (unpaired) electrons. The van der Waals surface area contributed by atoms with E-state index < -0.39 is 0 Å². The van der Waals surface area contributed by atoms with Gasteiger partial charge in [-0.2, -0.15) is 0 Å². The Bertz CT molecular complexity index is 631. The van der Waals surface area contributed by atoms with Crippen LogP contribution in [0.2, 0.25) is 0 Å². The van der Waals surface area contributed by atoms with E-state index in [1.54, 1.807) is 0 Å².